The van der Waals surface area contributed by atoms with Crippen LogP contribution >= 0.6 is 0 Å². The lowest BCUT2D eigenvalue weighted by Gasteiger charge is -2.33. The highest BCUT2D eigenvalue weighted by Crippen LogP contribution is 2.13. The van der Waals surface area contributed by atoms with Crippen molar-refractivity contribution in [2.45, 2.75) is 19.6 Å². The lowest BCUT2D eigenvalue weighted by molar-refractivity contribution is 0.0779. The van der Waals surface area contributed by atoms with E-state index in [1.54, 1.807) is 18.1 Å². The maximum Gasteiger partial charge on any atom is 0.275 e. The number of carbonyl (C=O) groups excluding carboxylic acids is 1. The van der Waals surface area contributed by atoms with Gasteiger partial charge in [0, 0.05) is 58.7 Å². The number of aromatic nitrogens is 2. The zero-order valence-corrected chi connectivity index (χ0v) is 17.3. The van der Waals surface area contributed by atoms with E-state index in [1.165, 1.54) is 11.8 Å². The molecule has 0 aliphatic carbocycles. The normalized spacial score (nSPS) is 15.2. The van der Waals surface area contributed by atoms with Gasteiger partial charge in [-0.1, -0.05) is 36.4 Å². The molecule has 1 aromatic carbocycles. The van der Waals surface area contributed by atoms with Crippen LogP contribution in [0.25, 0.3) is 0 Å². The molecule has 1 amide bonds. The summed E-state index contributed by atoms with van der Waals surface area (Å²) in [5.41, 5.74) is 2.68. The third-order valence-electron chi connectivity index (χ3n) is 5.33. The van der Waals surface area contributed by atoms with E-state index in [2.05, 4.69) is 25.8 Å². The van der Waals surface area contributed by atoms with Crippen molar-refractivity contribution in [2.75, 3.05) is 33.2 Å². The van der Waals surface area contributed by atoms with Gasteiger partial charge in [-0.05, 0) is 17.2 Å². The first-order valence-electron chi connectivity index (χ1n) is 10.2. The summed E-state index contributed by atoms with van der Waals surface area (Å²) >= 11 is 0. The van der Waals surface area contributed by atoms with Crippen LogP contribution in [0.3, 0.4) is 0 Å². The molecule has 0 spiro atoms. The van der Waals surface area contributed by atoms with Crippen LogP contribution in [0, 0.1) is 0 Å². The standard InChI is InChI=1S/C23H27N5O2/c1-26(15-19-6-3-2-4-7-19)23(29)21-18-30-22(25-21)17-28-12-10-27(11-13-28)16-20-8-5-9-24-14-20/h2-9,14,18H,10-13,15-17H2,1H3. The highest BCUT2D eigenvalue weighted by molar-refractivity contribution is 5.91. The summed E-state index contributed by atoms with van der Waals surface area (Å²) in [7, 11) is 1.78. The maximum atomic E-state index is 12.6. The number of oxazole rings is 1. The van der Waals surface area contributed by atoms with Gasteiger partial charge in [0.15, 0.2) is 5.69 Å². The molecule has 0 bridgehead atoms. The van der Waals surface area contributed by atoms with Crippen LogP contribution in [0.2, 0.25) is 0 Å². The summed E-state index contributed by atoms with van der Waals surface area (Å²) in [5, 5.41) is 0. The molecule has 7 nitrogen and oxygen atoms in total. The van der Waals surface area contributed by atoms with E-state index < -0.39 is 0 Å². The lowest BCUT2D eigenvalue weighted by atomic mass is 10.2. The molecule has 0 saturated carbocycles. The van der Waals surface area contributed by atoms with Crippen LogP contribution in [0.5, 0.6) is 0 Å². The van der Waals surface area contributed by atoms with E-state index >= 15 is 0 Å². The van der Waals surface area contributed by atoms with Crippen LogP contribution in [0.4, 0.5) is 0 Å². The molecule has 4 rings (SSSR count). The van der Waals surface area contributed by atoms with Crippen LogP contribution in [0.1, 0.15) is 27.5 Å². The Kier molecular flexibility index (Phi) is 6.51. The quantitative estimate of drug-likeness (QED) is 0.602. The van der Waals surface area contributed by atoms with E-state index in [9.17, 15) is 4.79 Å². The van der Waals surface area contributed by atoms with Crippen molar-refractivity contribution >= 4 is 5.91 Å². The zero-order chi connectivity index (χ0) is 20.8. The van der Waals surface area contributed by atoms with Crippen molar-refractivity contribution in [3.63, 3.8) is 0 Å². The molecular formula is C23H27N5O2. The fraction of sp³-hybridized carbons (Fsp3) is 0.348. The largest absolute Gasteiger partial charge is 0.447 e. The van der Waals surface area contributed by atoms with Gasteiger partial charge in [0.05, 0.1) is 6.54 Å². The van der Waals surface area contributed by atoms with Crippen molar-refractivity contribution in [3.05, 3.63) is 83.8 Å². The minimum absolute atomic E-state index is 0.129. The number of rotatable bonds is 7. The predicted octanol–water partition coefficient (Wildman–Crippen LogP) is 2.66. The summed E-state index contributed by atoms with van der Waals surface area (Å²) in [4.78, 5) is 27.7. The Balaban J connectivity index is 1.26. The molecule has 3 heterocycles. The first-order chi connectivity index (χ1) is 14.7. The van der Waals surface area contributed by atoms with Crippen LogP contribution < -0.4 is 0 Å². The van der Waals surface area contributed by atoms with Gasteiger partial charge in [-0.2, -0.15) is 0 Å². The van der Waals surface area contributed by atoms with Gasteiger partial charge in [0.1, 0.15) is 6.26 Å². The van der Waals surface area contributed by atoms with Gasteiger partial charge in [-0.25, -0.2) is 4.98 Å². The summed E-state index contributed by atoms with van der Waals surface area (Å²) in [6.07, 6.45) is 5.19. The highest BCUT2D eigenvalue weighted by Gasteiger charge is 2.21. The molecule has 7 heteroatoms. The van der Waals surface area contributed by atoms with Gasteiger partial charge in [0.25, 0.3) is 5.91 Å². The molecule has 0 radical (unpaired) electrons. The van der Waals surface area contributed by atoms with Crippen LogP contribution in [0.15, 0.2) is 65.5 Å². The number of pyridine rings is 1. The van der Waals surface area contributed by atoms with E-state index in [4.69, 9.17) is 4.42 Å². The molecule has 2 aromatic heterocycles. The molecule has 0 unspecified atom stereocenters. The number of hydrogen-bond donors (Lipinski definition) is 0. The smallest absolute Gasteiger partial charge is 0.275 e. The van der Waals surface area contributed by atoms with Crippen molar-refractivity contribution in [3.8, 4) is 0 Å². The Morgan fingerprint density at radius 1 is 1.00 bits per heavy atom. The van der Waals surface area contributed by atoms with E-state index in [-0.39, 0.29) is 5.91 Å². The number of benzene rings is 1. The zero-order valence-electron chi connectivity index (χ0n) is 17.3. The van der Waals surface area contributed by atoms with Gasteiger partial charge in [-0.3, -0.25) is 19.6 Å². The fourth-order valence-electron chi connectivity index (χ4n) is 3.65. The molecule has 1 aliphatic rings. The molecule has 1 saturated heterocycles. The molecule has 3 aromatic rings. The second kappa shape index (κ2) is 9.65. The van der Waals surface area contributed by atoms with Crippen molar-refractivity contribution < 1.29 is 9.21 Å². The molecule has 156 valence electrons. The third kappa shape index (κ3) is 5.31. The second-order valence-corrected chi connectivity index (χ2v) is 7.69. The third-order valence-corrected chi connectivity index (χ3v) is 5.33. The Hall–Kier alpha value is -3.03. The number of carbonyl (C=O) groups is 1. The first-order valence-corrected chi connectivity index (χ1v) is 10.2. The number of nitrogens with zero attached hydrogens (tertiary/aromatic N) is 5. The SMILES string of the molecule is CN(Cc1ccccc1)C(=O)c1coc(CN2CCN(Cc3cccnc3)CC2)n1. The average Bonchev–Trinajstić information content (AvgIpc) is 3.24. The Morgan fingerprint density at radius 2 is 1.70 bits per heavy atom. The number of piperazine rings is 1. The van der Waals surface area contributed by atoms with Gasteiger partial charge in [0.2, 0.25) is 5.89 Å². The van der Waals surface area contributed by atoms with Gasteiger partial charge >= 0.3 is 0 Å². The summed E-state index contributed by atoms with van der Waals surface area (Å²) < 4.78 is 5.59. The molecule has 0 N–H and O–H groups in total. The minimum atomic E-state index is -0.129. The number of amides is 1. The molecular weight excluding hydrogens is 378 g/mol. The number of hydrogen-bond acceptors (Lipinski definition) is 6. The minimum Gasteiger partial charge on any atom is -0.447 e. The average molecular weight is 406 g/mol. The second-order valence-electron chi connectivity index (χ2n) is 7.69. The maximum absolute atomic E-state index is 12.6. The van der Waals surface area contributed by atoms with Crippen LogP contribution in [-0.4, -0.2) is 63.8 Å². The predicted molar refractivity (Wildman–Crippen MR) is 114 cm³/mol. The summed E-state index contributed by atoms with van der Waals surface area (Å²) in [5.74, 6) is 0.460. The lowest BCUT2D eigenvalue weighted by Crippen LogP contribution is -2.45. The van der Waals surface area contributed by atoms with Crippen molar-refractivity contribution in [1.82, 2.24) is 24.7 Å². The van der Waals surface area contributed by atoms with E-state index in [1.807, 2.05) is 42.6 Å². The highest BCUT2D eigenvalue weighted by atomic mass is 16.3. The van der Waals surface area contributed by atoms with Gasteiger partial charge < -0.3 is 9.32 Å². The molecule has 1 aliphatic heterocycles. The van der Waals surface area contributed by atoms with Crippen molar-refractivity contribution in [2.24, 2.45) is 0 Å². The van der Waals surface area contributed by atoms with Crippen LogP contribution in [-0.2, 0) is 19.6 Å². The molecule has 30 heavy (non-hydrogen) atoms. The molecule has 0 atom stereocenters. The van der Waals surface area contributed by atoms with E-state index in [0.717, 1.165) is 38.3 Å². The fourth-order valence-corrected chi connectivity index (χ4v) is 3.65. The van der Waals surface area contributed by atoms with E-state index in [0.29, 0.717) is 24.7 Å². The van der Waals surface area contributed by atoms with Crippen molar-refractivity contribution in [1.29, 1.82) is 0 Å². The summed E-state index contributed by atoms with van der Waals surface area (Å²) in [6, 6.07) is 14.0. The Labute approximate surface area is 176 Å². The molecule has 1 fully saturated rings. The summed E-state index contributed by atoms with van der Waals surface area (Å²) in [6.45, 7) is 5.95. The first kappa shape index (κ1) is 20.3. The Morgan fingerprint density at radius 3 is 2.40 bits per heavy atom. The topological polar surface area (TPSA) is 65.7 Å². The monoisotopic (exact) mass is 405 g/mol. The Bertz CT molecular complexity index is 936. The van der Waals surface area contributed by atoms with Gasteiger partial charge in [-0.15, -0.1) is 0 Å².